The molecule has 1 aromatic heterocycles. The number of rotatable bonds is 1. The van der Waals surface area contributed by atoms with Crippen LogP contribution in [0.4, 0.5) is 0 Å². The molecule has 0 saturated carbocycles. The molecule has 0 unspecified atom stereocenters. The average Bonchev–Trinajstić information content (AvgIpc) is 2.81. The largest absolute Gasteiger partial charge is 0.222 e. The van der Waals surface area contributed by atoms with Crippen LogP contribution in [-0.2, 0) is 18.9 Å². The predicted molar refractivity (Wildman–Crippen MR) is 156 cm³/mol. The molecule has 2 heterocycles. The molecular weight excluding hydrogens is 454 g/mol. The van der Waals surface area contributed by atoms with Gasteiger partial charge in [-0.15, -0.1) is 0 Å². The molecule has 1 aliphatic rings. The highest BCUT2D eigenvalue weighted by Crippen LogP contribution is 2.53. The van der Waals surface area contributed by atoms with E-state index in [-0.39, 0.29) is 10.8 Å². The molecule has 1 aliphatic heterocycles. The fraction of sp³-hybridized carbons (Fsp3) is 0.324. The lowest BCUT2D eigenvalue weighted by molar-refractivity contribution is -0.659. The Kier molecular flexibility index (Phi) is 5.12. The van der Waals surface area contributed by atoms with Gasteiger partial charge in [0.25, 0.3) is 0 Å². The first-order valence-corrected chi connectivity index (χ1v) is 13.9. The number of pyridine rings is 1. The molecule has 0 atom stereocenters. The van der Waals surface area contributed by atoms with Crippen molar-refractivity contribution in [3.8, 4) is 11.3 Å². The number of aryl methyl sites for hydroxylation is 2. The molecule has 5 aromatic rings. The Labute approximate surface area is 219 Å². The summed E-state index contributed by atoms with van der Waals surface area (Å²) >= 11 is 2.00. The van der Waals surface area contributed by atoms with Crippen molar-refractivity contribution in [3.05, 3.63) is 77.5 Å². The first-order valence-electron chi connectivity index (χ1n) is 13.1. The molecule has 36 heavy (non-hydrogen) atoms. The van der Waals surface area contributed by atoms with Crippen LogP contribution >= 0.6 is 11.8 Å². The number of hydrogen-bond donors (Lipinski definition) is 0. The normalized spacial score (nSPS) is 13.6. The summed E-state index contributed by atoms with van der Waals surface area (Å²) in [5, 5.41) is 8.30. The highest BCUT2D eigenvalue weighted by atomic mass is 32.2. The third-order valence-electron chi connectivity index (χ3n) is 7.74. The molecule has 0 amide bonds. The fourth-order valence-corrected chi connectivity index (χ4v) is 7.54. The standard InChI is InChI=1S/C34H36NS/c1-20-21-12-9-10-13-22(21)26(19-33(2,3)4)32-29(20)31-30-24(16-17-35(31)8)23-14-11-15-27(34(5,6)7)25(23)18-28(30)36-32/h9-18H,19H2,1-8H3/q+1. The minimum absolute atomic E-state index is 0.0869. The number of aromatic nitrogens is 1. The summed E-state index contributed by atoms with van der Waals surface area (Å²) in [6.45, 7) is 16.4. The highest BCUT2D eigenvalue weighted by Gasteiger charge is 2.33. The third kappa shape index (κ3) is 3.49. The molecule has 0 radical (unpaired) electrons. The molecule has 0 fully saturated rings. The number of hydrogen-bond acceptors (Lipinski definition) is 1. The molecular formula is C34H36NS+. The first-order chi connectivity index (χ1) is 17.0. The van der Waals surface area contributed by atoms with Gasteiger partial charge in [0.05, 0.1) is 10.9 Å². The van der Waals surface area contributed by atoms with Crippen LogP contribution in [0.3, 0.4) is 0 Å². The maximum atomic E-state index is 2.49. The van der Waals surface area contributed by atoms with E-state index in [1.807, 2.05) is 11.8 Å². The van der Waals surface area contributed by atoms with Crippen molar-refractivity contribution in [1.29, 1.82) is 0 Å². The summed E-state index contributed by atoms with van der Waals surface area (Å²) in [6, 6.07) is 20.7. The smallest absolute Gasteiger partial charge is 0.200 e. The zero-order chi connectivity index (χ0) is 25.6. The summed E-state index contributed by atoms with van der Waals surface area (Å²) in [5.41, 5.74) is 7.37. The summed E-state index contributed by atoms with van der Waals surface area (Å²) < 4.78 is 2.35. The van der Waals surface area contributed by atoms with Crippen molar-refractivity contribution in [2.75, 3.05) is 0 Å². The van der Waals surface area contributed by atoms with E-state index in [1.54, 1.807) is 0 Å². The second kappa shape index (κ2) is 7.83. The van der Waals surface area contributed by atoms with Crippen LogP contribution in [0.1, 0.15) is 58.2 Å². The Morgan fingerprint density at radius 3 is 2.17 bits per heavy atom. The lowest BCUT2D eigenvalue weighted by atomic mass is 9.81. The van der Waals surface area contributed by atoms with Gasteiger partial charge in [-0.1, -0.05) is 95.8 Å². The molecule has 2 heteroatoms. The van der Waals surface area contributed by atoms with Crippen molar-refractivity contribution in [3.63, 3.8) is 0 Å². The van der Waals surface area contributed by atoms with Crippen LogP contribution in [-0.4, -0.2) is 0 Å². The van der Waals surface area contributed by atoms with Crippen molar-refractivity contribution in [2.45, 2.75) is 70.1 Å². The quantitative estimate of drug-likeness (QED) is 0.164. The van der Waals surface area contributed by atoms with Crippen molar-refractivity contribution < 1.29 is 4.57 Å². The highest BCUT2D eigenvalue weighted by molar-refractivity contribution is 8.00. The number of benzene rings is 4. The zero-order valence-corrected chi connectivity index (χ0v) is 23.7. The third-order valence-corrected chi connectivity index (χ3v) is 8.93. The van der Waals surface area contributed by atoms with Crippen LogP contribution in [0.15, 0.2) is 70.6 Å². The van der Waals surface area contributed by atoms with Crippen molar-refractivity contribution in [2.24, 2.45) is 12.5 Å². The minimum atomic E-state index is 0.0869. The Morgan fingerprint density at radius 2 is 1.47 bits per heavy atom. The molecule has 4 aromatic carbocycles. The van der Waals surface area contributed by atoms with Crippen LogP contribution in [0.5, 0.6) is 0 Å². The Hall–Kier alpha value is -2.84. The lowest BCUT2D eigenvalue weighted by Crippen LogP contribution is -2.32. The van der Waals surface area contributed by atoms with Gasteiger partial charge >= 0.3 is 0 Å². The minimum Gasteiger partial charge on any atom is -0.200 e. The topological polar surface area (TPSA) is 3.88 Å². The van der Waals surface area contributed by atoms with E-state index in [1.165, 1.54) is 70.1 Å². The zero-order valence-electron chi connectivity index (χ0n) is 22.8. The van der Waals surface area contributed by atoms with E-state index in [4.69, 9.17) is 0 Å². The maximum absolute atomic E-state index is 2.49. The van der Waals surface area contributed by atoms with E-state index in [2.05, 4.69) is 121 Å². The summed E-state index contributed by atoms with van der Waals surface area (Å²) in [5.74, 6) is 0. The van der Waals surface area contributed by atoms with Gasteiger partial charge in [-0.3, -0.25) is 0 Å². The van der Waals surface area contributed by atoms with Gasteiger partial charge in [0.1, 0.15) is 7.05 Å². The molecule has 6 rings (SSSR count). The van der Waals surface area contributed by atoms with Gasteiger partial charge in [0, 0.05) is 21.2 Å². The van der Waals surface area contributed by atoms with E-state index in [9.17, 15) is 0 Å². The van der Waals surface area contributed by atoms with Gasteiger partial charge in [0.15, 0.2) is 6.20 Å². The van der Waals surface area contributed by atoms with Crippen LogP contribution in [0.2, 0.25) is 0 Å². The van der Waals surface area contributed by atoms with Crippen LogP contribution in [0, 0.1) is 12.3 Å². The van der Waals surface area contributed by atoms with Gasteiger partial charge in [-0.25, -0.2) is 4.57 Å². The van der Waals surface area contributed by atoms with Crippen molar-refractivity contribution >= 4 is 44.1 Å². The average molecular weight is 491 g/mol. The second-order valence-electron chi connectivity index (χ2n) is 12.8. The first kappa shape index (κ1) is 23.6. The van der Waals surface area contributed by atoms with Gasteiger partial charge < -0.3 is 0 Å². The molecule has 0 spiro atoms. The van der Waals surface area contributed by atoms with Crippen LogP contribution in [0.25, 0.3) is 43.6 Å². The van der Waals surface area contributed by atoms with Gasteiger partial charge in [0.2, 0.25) is 5.69 Å². The van der Waals surface area contributed by atoms with E-state index >= 15 is 0 Å². The monoisotopic (exact) mass is 490 g/mol. The van der Waals surface area contributed by atoms with E-state index in [0.717, 1.165) is 6.42 Å². The van der Waals surface area contributed by atoms with Crippen LogP contribution < -0.4 is 4.57 Å². The molecule has 0 N–H and O–H groups in total. The van der Waals surface area contributed by atoms with Gasteiger partial charge in [-0.05, 0) is 68.5 Å². The predicted octanol–water partition coefficient (Wildman–Crippen LogP) is 9.30. The molecule has 182 valence electrons. The maximum Gasteiger partial charge on any atom is 0.222 e. The van der Waals surface area contributed by atoms with E-state index < -0.39 is 0 Å². The summed E-state index contributed by atoms with van der Waals surface area (Å²) in [4.78, 5) is 2.84. The Balaban J connectivity index is 1.81. The van der Waals surface area contributed by atoms with E-state index in [0.29, 0.717) is 0 Å². The SMILES string of the molecule is Cc1c2c(c(CC(C)(C)C)c3ccccc13)Sc1cc3c(C(C)(C)C)cccc3c3cc[n+](C)c-2c13. The fourth-order valence-electron chi connectivity index (χ4n) is 6.18. The van der Waals surface area contributed by atoms with Crippen molar-refractivity contribution in [1.82, 2.24) is 0 Å². The number of nitrogens with zero attached hydrogens (tertiary/aromatic N) is 1. The summed E-state index contributed by atoms with van der Waals surface area (Å²) in [6.07, 6.45) is 3.32. The molecule has 0 aliphatic carbocycles. The summed E-state index contributed by atoms with van der Waals surface area (Å²) in [7, 11) is 2.21. The Morgan fingerprint density at radius 1 is 0.778 bits per heavy atom. The second-order valence-corrected chi connectivity index (χ2v) is 13.8. The molecule has 0 saturated heterocycles. The molecule has 0 bridgehead atoms. The number of fused-ring (bicyclic) bond motifs is 5. The molecule has 1 nitrogen and oxygen atoms in total. The Bertz CT molecular complexity index is 1710. The van der Waals surface area contributed by atoms with Gasteiger partial charge in [-0.2, -0.15) is 0 Å². The lowest BCUT2D eigenvalue weighted by Gasteiger charge is -2.28.